The third kappa shape index (κ3) is 9.56. The van der Waals surface area contributed by atoms with Crippen LogP contribution >= 0.6 is 0 Å². The van der Waals surface area contributed by atoms with Crippen LogP contribution in [-0.4, -0.2) is 41.3 Å². The molecule has 0 radical (unpaired) electrons. The number of carbonyl (C=O) groups is 3. The van der Waals surface area contributed by atoms with E-state index in [9.17, 15) is 14.4 Å². The number of Topliss-reactive ketones (excluding diaryl/α,β-unsaturated/α-hetero) is 1. The molecule has 38 heavy (non-hydrogen) atoms. The summed E-state index contributed by atoms with van der Waals surface area (Å²) in [5.41, 5.74) is 2.86. The van der Waals surface area contributed by atoms with Gasteiger partial charge in [0.15, 0.2) is 5.78 Å². The Morgan fingerprint density at radius 2 is 1.47 bits per heavy atom. The Morgan fingerprint density at radius 1 is 0.842 bits per heavy atom. The highest BCUT2D eigenvalue weighted by Gasteiger charge is 2.29. The Hall–Kier alpha value is -3.84. The second-order valence-electron chi connectivity index (χ2n) is 9.49. The quantitative estimate of drug-likeness (QED) is 0.318. The van der Waals surface area contributed by atoms with Crippen molar-refractivity contribution in [3.63, 3.8) is 0 Å². The molecule has 0 aliphatic heterocycles. The van der Waals surface area contributed by atoms with Crippen molar-refractivity contribution in [3.05, 3.63) is 102 Å². The van der Waals surface area contributed by atoms with Gasteiger partial charge in [-0.05, 0) is 47.6 Å². The van der Waals surface area contributed by atoms with Gasteiger partial charge in [-0.1, -0.05) is 80.9 Å². The van der Waals surface area contributed by atoms with Crippen molar-refractivity contribution in [3.8, 4) is 0 Å². The molecule has 1 unspecified atom stereocenters. The summed E-state index contributed by atoms with van der Waals surface area (Å²) in [6.45, 7) is 4.08. The maximum atomic E-state index is 13.4. The minimum Gasteiger partial charge on any atom is -0.369 e. The molecule has 3 aromatic rings. The van der Waals surface area contributed by atoms with Gasteiger partial charge in [0.2, 0.25) is 11.8 Å². The van der Waals surface area contributed by atoms with E-state index in [0.717, 1.165) is 16.7 Å². The molecule has 0 saturated heterocycles. The molecule has 7 nitrogen and oxygen atoms in total. The summed E-state index contributed by atoms with van der Waals surface area (Å²) in [6, 6.07) is 21.5. The number of pyridine rings is 1. The molecule has 3 atom stereocenters. The van der Waals surface area contributed by atoms with E-state index in [0.29, 0.717) is 25.9 Å². The monoisotopic (exact) mass is 515 g/mol. The van der Waals surface area contributed by atoms with Crippen LogP contribution in [-0.2, 0) is 38.6 Å². The van der Waals surface area contributed by atoms with Crippen molar-refractivity contribution < 1.29 is 19.1 Å². The van der Waals surface area contributed by atoms with Gasteiger partial charge in [-0.25, -0.2) is 0 Å². The highest BCUT2D eigenvalue weighted by molar-refractivity contribution is 5.93. The molecule has 0 bridgehead atoms. The molecular weight excluding hydrogens is 478 g/mol. The normalized spacial score (nSPS) is 13.2. The predicted octanol–water partition coefficient (Wildman–Crippen LogP) is 4.06. The first kappa shape index (κ1) is 28.7. The molecule has 1 aromatic heterocycles. The third-order valence-electron chi connectivity index (χ3n) is 6.55. The topological polar surface area (TPSA) is 97.4 Å². The van der Waals surface area contributed by atoms with E-state index < -0.39 is 12.1 Å². The van der Waals surface area contributed by atoms with Crippen molar-refractivity contribution in [2.24, 2.45) is 5.92 Å². The standard InChI is InChI=1S/C31H37N3O4/c1-3-23(2)30(34-29(36)20-25-16-18-32-19-17-25)31(37)33-27(15-14-24-10-6-4-7-11-24)28(35)22-38-21-26-12-8-5-9-13-26/h4-13,16-19,23,27,30H,3,14-15,20-22H2,1-2H3,(H,33,37)(H,34,36)/t23?,27-,30-/m0/s1. The van der Waals surface area contributed by atoms with E-state index in [-0.39, 0.29) is 36.5 Å². The lowest BCUT2D eigenvalue weighted by Crippen LogP contribution is -2.54. The van der Waals surface area contributed by atoms with E-state index in [2.05, 4.69) is 15.6 Å². The zero-order valence-corrected chi connectivity index (χ0v) is 22.1. The maximum absolute atomic E-state index is 13.4. The Labute approximate surface area is 225 Å². The first-order valence-electron chi connectivity index (χ1n) is 13.1. The van der Waals surface area contributed by atoms with E-state index in [4.69, 9.17) is 4.74 Å². The number of hydrogen-bond acceptors (Lipinski definition) is 5. The summed E-state index contributed by atoms with van der Waals surface area (Å²) in [7, 11) is 0. The molecule has 0 fully saturated rings. The zero-order chi connectivity index (χ0) is 27.2. The fraction of sp³-hybridized carbons (Fsp3) is 0.355. The molecule has 0 aliphatic rings. The van der Waals surface area contributed by atoms with Gasteiger partial charge >= 0.3 is 0 Å². The van der Waals surface area contributed by atoms with Gasteiger partial charge in [0, 0.05) is 12.4 Å². The Bertz CT molecular complexity index is 1140. The van der Waals surface area contributed by atoms with Crippen molar-refractivity contribution in [1.82, 2.24) is 15.6 Å². The number of rotatable bonds is 15. The van der Waals surface area contributed by atoms with Gasteiger partial charge in [0.25, 0.3) is 0 Å². The maximum Gasteiger partial charge on any atom is 0.243 e. The number of benzene rings is 2. The number of nitrogens with zero attached hydrogens (tertiary/aromatic N) is 1. The van der Waals surface area contributed by atoms with Gasteiger partial charge < -0.3 is 15.4 Å². The largest absolute Gasteiger partial charge is 0.369 e. The molecule has 2 amide bonds. The van der Waals surface area contributed by atoms with Crippen LogP contribution in [0.4, 0.5) is 0 Å². The third-order valence-corrected chi connectivity index (χ3v) is 6.55. The number of amides is 2. The lowest BCUT2D eigenvalue weighted by Gasteiger charge is -2.26. The average molecular weight is 516 g/mol. The number of ether oxygens (including phenoxy) is 1. The molecule has 0 saturated carbocycles. The summed E-state index contributed by atoms with van der Waals surface area (Å²) in [5.74, 6) is -0.932. The lowest BCUT2D eigenvalue weighted by molar-refractivity contribution is -0.134. The van der Waals surface area contributed by atoms with E-state index >= 15 is 0 Å². The first-order chi connectivity index (χ1) is 18.5. The first-order valence-corrected chi connectivity index (χ1v) is 13.1. The van der Waals surface area contributed by atoms with Crippen LogP contribution in [0.5, 0.6) is 0 Å². The molecular formula is C31H37N3O4. The average Bonchev–Trinajstić information content (AvgIpc) is 2.95. The lowest BCUT2D eigenvalue weighted by atomic mass is 9.96. The van der Waals surface area contributed by atoms with Crippen LogP contribution in [0.1, 0.15) is 43.4 Å². The summed E-state index contributed by atoms with van der Waals surface area (Å²) in [5, 5.41) is 5.81. The van der Waals surface area contributed by atoms with Gasteiger partial charge in [0.1, 0.15) is 12.6 Å². The summed E-state index contributed by atoms with van der Waals surface area (Å²) in [6.07, 6.45) is 5.15. The highest BCUT2D eigenvalue weighted by Crippen LogP contribution is 2.12. The van der Waals surface area contributed by atoms with Crippen LogP contribution in [0.2, 0.25) is 0 Å². The number of ketones is 1. The van der Waals surface area contributed by atoms with Crippen molar-refractivity contribution in [2.45, 2.75) is 58.2 Å². The number of hydrogen-bond donors (Lipinski definition) is 2. The van der Waals surface area contributed by atoms with Gasteiger partial charge in [-0.2, -0.15) is 0 Å². The zero-order valence-electron chi connectivity index (χ0n) is 22.1. The second-order valence-corrected chi connectivity index (χ2v) is 9.49. The van der Waals surface area contributed by atoms with Crippen LogP contribution in [0, 0.1) is 5.92 Å². The summed E-state index contributed by atoms with van der Waals surface area (Å²) in [4.78, 5) is 43.3. The minimum atomic E-state index is -0.758. The van der Waals surface area contributed by atoms with Crippen LogP contribution < -0.4 is 10.6 Å². The number of aromatic nitrogens is 1. The van der Waals surface area contributed by atoms with Gasteiger partial charge in [-0.15, -0.1) is 0 Å². The van der Waals surface area contributed by atoms with Gasteiger partial charge in [-0.3, -0.25) is 19.4 Å². The van der Waals surface area contributed by atoms with E-state index in [1.807, 2.05) is 74.5 Å². The molecule has 2 N–H and O–H groups in total. The number of aryl methyl sites for hydroxylation is 1. The van der Waals surface area contributed by atoms with Crippen molar-refractivity contribution in [2.75, 3.05) is 6.61 Å². The molecule has 7 heteroatoms. The van der Waals surface area contributed by atoms with E-state index in [1.165, 1.54) is 0 Å². The SMILES string of the molecule is CCC(C)[C@H](NC(=O)Cc1ccncc1)C(=O)N[C@@H](CCc1ccccc1)C(=O)COCc1ccccc1. The van der Waals surface area contributed by atoms with Gasteiger partial charge in [0.05, 0.1) is 19.1 Å². The molecule has 0 spiro atoms. The molecule has 200 valence electrons. The summed E-state index contributed by atoms with van der Waals surface area (Å²) >= 11 is 0. The Balaban J connectivity index is 1.66. The van der Waals surface area contributed by atoms with Crippen LogP contribution in [0.15, 0.2) is 85.2 Å². The predicted molar refractivity (Wildman–Crippen MR) is 147 cm³/mol. The van der Waals surface area contributed by atoms with Crippen LogP contribution in [0.25, 0.3) is 0 Å². The molecule has 0 aliphatic carbocycles. The fourth-order valence-electron chi connectivity index (χ4n) is 4.09. The Morgan fingerprint density at radius 3 is 2.11 bits per heavy atom. The minimum absolute atomic E-state index is 0.114. The number of nitrogens with one attached hydrogen (secondary N) is 2. The highest BCUT2D eigenvalue weighted by atomic mass is 16.5. The Kier molecular flexibility index (Phi) is 11.7. The van der Waals surface area contributed by atoms with E-state index in [1.54, 1.807) is 24.5 Å². The molecule has 1 heterocycles. The summed E-state index contributed by atoms with van der Waals surface area (Å²) < 4.78 is 5.68. The second kappa shape index (κ2) is 15.4. The molecule has 3 rings (SSSR count). The van der Waals surface area contributed by atoms with Crippen molar-refractivity contribution in [1.29, 1.82) is 0 Å². The smallest absolute Gasteiger partial charge is 0.243 e. The van der Waals surface area contributed by atoms with Crippen molar-refractivity contribution >= 4 is 17.6 Å². The molecule has 2 aromatic carbocycles. The number of carbonyl (C=O) groups excluding carboxylic acids is 3. The fourth-order valence-corrected chi connectivity index (χ4v) is 4.09. The van der Waals surface area contributed by atoms with Crippen LogP contribution in [0.3, 0.4) is 0 Å².